The molecule has 2 unspecified atom stereocenters. The van der Waals surface area contributed by atoms with E-state index in [2.05, 4.69) is 10.3 Å². The maximum Gasteiger partial charge on any atom is 0.311 e. The lowest BCUT2D eigenvalue weighted by Crippen LogP contribution is -2.43. The third-order valence-electron chi connectivity index (χ3n) is 3.43. The molecule has 1 aromatic heterocycles. The normalized spacial score (nSPS) is 26.4. The summed E-state index contributed by atoms with van der Waals surface area (Å²) < 4.78 is 5.31. The van der Waals surface area contributed by atoms with Gasteiger partial charge in [0.15, 0.2) is 0 Å². The van der Waals surface area contributed by atoms with Gasteiger partial charge in [-0.25, -0.2) is 4.98 Å². The van der Waals surface area contributed by atoms with Gasteiger partial charge >= 0.3 is 5.69 Å². The van der Waals surface area contributed by atoms with Crippen LogP contribution in [0.2, 0.25) is 0 Å². The fourth-order valence-electron chi connectivity index (χ4n) is 2.07. The van der Waals surface area contributed by atoms with E-state index in [9.17, 15) is 15.2 Å². The third kappa shape index (κ3) is 2.82. The predicted molar refractivity (Wildman–Crippen MR) is 69.1 cm³/mol. The number of aliphatic hydroxyl groups is 1. The summed E-state index contributed by atoms with van der Waals surface area (Å²) in [6, 6.07) is 2.99. The number of nitrogens with zero attached hydrogens (tertiary/aromatic N) is 2. The Kier molecular flexibility index (Phi) is 3.68. The maximum atomic E-state index is 10.9. The van der Waals surface area contributed by atoms with Crippen molar-refractivity contribution >= 4 is 11.5 Å². The van der Waals surface area contributed by atoms with Gasteiger partial charge in [0.1, 0.15) is 5.60 Å². The Hall–Kier alpha value is -1.73. The molecule has 7 heteroatoms. The van der Waals surface area contributed by atoms with Gasteiger partial charge in [0.25, 0.3) is 0 Å². The number of hydrogen-bond donors (Lipinski definition) is 2. The zero-order valence-corrected chi connectivity index (χ0v) is 10.9. The number of anilines is 1. The molecule has 1 saturated heterocycles. The number of nitrogens with one attached hydrogen (secondary N) is 1. The summed E-state index contributed by atoms with van der Waals surface area (Å²) in [5.41, 5.74) is -0.434. The molecule has 2 rings (SSSR count). The van der Waals surface area contributed by atoms with Crippen molar-refractivity contribution in [3.8, 4) is 0 Å². The molecule has 0 bridgehead atoms. The van der Waals surface area contributed by atoms with Crippen molar-refractivity contribution in [3.63, 3.8) is 0 Å². The fourth-order valence-corrected chi connectivity index (χ4v) is 2.07. The Bertz CT molecular complexity index is 494. The van der Waals surface area contributed by atoms with E-state index in [0.29, 0.717) is 18.7 Å². The first-order chi connectivity index (χ1) is 8.92. The van der Waals surface area contributed by atoms with Crippen LogP contribution in [0.4, 0.5) is 11.5 Å². The first-order valence-electron chi connectivity index (χ1n) is 6.12. The lowest BCUT2D eigenvalue weighted by Gasteiger charge is -2.26. The van der Waals surface area contributed by atoms with Crippen LogP contribution in [0, 0.1) is 17.0 Å². The summed E-state index contributed by atoms with van der Waals surface area (Å²) in [5.74, 6) is 0.178. The molecule has 0 aromatic carbocycles. The second-order valence-electron chi connectivity index (χ2n) is 4.80. The molecule has 1 fully saturated rings. The predicted octanol–water partition coefficient (Wildman–Crippen LogP) is 1.25. The number of nitro groups is 1. The second kappa shape index (κ2) is 5.10. The lowest BCUT2D eigenvalue weighted by molar-refractivity contribution is -0.384. The molecule has 0 radical (unpaired) electrons. The number of pyridine rings is 1. The monoisotopic (exact) mass is 267 g/mol. The van der Waals surface area contributed by atoms with Crippen LogP contribution in [0.5, 0.6) is 0 Å². The minimum absolute atomic E-state index is 0.0965. The summed E-state index contributed by atoms with van der Waals surface area (Å²) in [7, 11) is 0. The van der Waals surface area contributed by atoms with Crippen LogP contribution in [0.1, 0.15) is 19.0 Å². The molecule has 2 N–H and O–H groups in total. The van der Waals surface area contributed by atoms with E-state index in [1.165, 1.54) is 6.07 Å². The molecule has 7 nitrogen and oxygen atoms in total. The number of ether oxygens (including phenoxy) is 1. The van der Waals surface area contributed by atoms with E-state index in [1.807, 2.05) is 0 Å². The van der Waals surface area contributed by atoms with Crippen LogP contribution in [0.15, 0.2) is 12.1 Å². The van der Waals surface area contributed by atoms with Gasteiger partial charge in [-0.15, -0.1) is 0 Å². The van der Waals surface area contributed by atoms with E-state index >= 15 is 0 Å². The lowest BCUT2D eigenvalue weighted by atomic mass is 9.97. The third-order valence-corrected chi connectivity index (χ3v) is 3.43. The van der Waals surface area contributed by atoms with Gasteiger partial charge in [-0.05, 0) is 19.9 Å². The van der Waals surface area contributed by atoms with Crippen molar-refractivity contribution in [2.24, 2.45) is 0 Å². The van der Waals surface area contributed by atoms with Crippen molar-refractivity contribution < 1.29 is 14.8 Å². The minimum Gasteiger partial charge on any atom is -0.385 e. The van der Waals surface area contributed by atoms with Crippen LogP contribution in [0.25, 0.3) is 0 Å². The van der Waals surface area contributed by atoms with Gasteiger partial charge in [0, 0.05) is 31.3 Å². The van der Waals surface area contributed by atoms with Crippen LogP contribution in [-0.4, -0.2) is 39.9 Å². The molecule has 2 heterocycles. The van der Waals surface area contributed by atoms with Gasteiger partial charge in [-0.3, -0.25) is 10.1 Å². The van der Waals surface area contributed by atoms with E-state index in [0.717, 1.165) is 0 Å². The highest BCUT2D eigenvalue weighted by atomic mass is 16.6. The average molecular weight is 267 g/mol. The maximum absolute atomic E-state index is 10.9. The largest absolute Gasteiger partial charge is 0.385 e. The van der Waals surface area contributed by atoms with Crippen molar-refractivity contribution in [1.82, 2.24) is 4.98 Å². The van der Waals surface area contributed by atoms with E-state index in [1.54, 1.807) is 19.9 Å². The smallest absolute Gasteiger partial charge is 0.311 e. The Balaban J connectivity index is 2.15. The summed E-state index contributed by atoms with van der Waals surface area (Å²) in [6.45, 7) is 4.20. The fraction of sp³-hybridized carbons (Fsp3) is 0.583. The van der Waals surface area contributed by atoms with Crippen LogP contribution in [0.3, 0.4) is 0 Å². The molecule has 0 amide bonds. The van der Waals surface area contributed by atoms with Gasteiger partial charge in [0.2, 0.25) is 5.82 Å². The Labute approximate surface area is 110 Å². The molecule has 0 spiro atoms. The summed E-state index contributed by atoms with van der Waals surface area (Å²) in [4.78, 5) is 14.5. The zero-order chi connectivity index (χ0) is 14.0. The first kappa shape index (κ1) is 13.7. The Morgan fingerprint density at radius 1 is 1.68 bits per heavy atom. The van der Waals surface area contributed by atoms with E-state index in [-0.39, 0.29) is 24.2 Å². The second-order valence-corrected chi connectivity index (χ2v) is 4.80. The van der Waals surface area contributed by atoms with E-state index in [4.69, 9.17) is 4.74 Å². The van der Waals surface area contributed by atoms with E-state index < -0.39 is 10.5 Å². The molecule has 2 atom stereocenters. The average Bonchev–Trinajstić information content (AvgIpc) is 2.67. The molecule has 0 aliphatic carbocycles. The molecule has 1 aromatic rings. The number of hydrogen-bond acceptors (Lipinski definition) is 6. The highest BCUT2D eigenvalue weighted by molar-refractivity contribution is 5.56. The van der Waals surface area contributed by atoms with Crippen LogP contribution < -0.4 is 5.32 Å². The topological polar surface area (TPSA) is 97.5 Å². The standard InChI is InChI=1S/C12H17N3O4/c1-8-3-4-10(15(17)18)11(14-8)13-7-12(16)5-6-19-9(12)2/h3-4,9,16H,5-7H2,1-2H3,(H,13,14). The van der Waals surface area contributed by atoms with Crippen LogP contribution >= 0.6 is 0 Å². The molecule has 1 aliphatic rings. The molecule has 19 heavy (non-hydrogen) atoms. The number of rotatable bonds is 4. The van der Waals surface area contributed by atoms with Gasteiger partial charge in [-0.1, -0.05) is 0 Å². The SMILES string of the molecule is Cc1ccc([N+](=O)[O-])c(NCC2(O)CCOC2C)n1. The highest BCUT2D eigenvalue weighted by Crippen LogP contribution is 2.28. The summed E-state index contributed by atoms with van der Waals surface area (Å²) >= 11 is 0. The van der Waals surface area contributed by atoms with Gasteiger partial charge in [0.05, 0.1) is 11.0 Å². The summed E-state index contributed by atoms with van der Waals surface area (Å²) in [5, 5.41) is 24.1. The number of aromatic nitrogens is 1. The van der Waals surface area contributed by atoms with Crippen molar-refractivity contribution in [2.45, 2.75) is 32.0 Å². The number of aryl methyl sites for hydroxylation is 1. The van der Waals surface area contributed by atoms with Crippen molar-refractivity contribution in [3.05, 3.63) is 27.9 Å². The highest BCUT2D eigenvalue weighted by Gasteiger charge is 2.39. The summed E-state index contributed by atoms with van der Waals surface area (Å²) in [6.07, 6.45) is 0.199. The van der Waals surface area contributed by atoms with Crippen molar-refractivity contribution in [1.29, 1.82) is 0 Å². The van der Waals surface area contributed by atoms with Crippen LogP contribution in [-0.2, 0) is 4.74 Å². The molecule has 0 saturated carbocycles. The minimum atomic E-state index is -1.01. The van der Waals surface area contributed by atoms with Crippen molar-refractivity contribution in [2.75, 3.05) is 18.5 Å². The molecular formula is C12H17N3O4. The Morgan fingerprint density at radius 2 is 2.42 bits per heavy atom. The molecule has 1 aliphatic heterocycles. The first-order valence-corrected chi connectivity index (χ1v) is 6.12. The zero-order valence-electron chi connectivity index (χ0n) is 10.9. The van der Waals surface area contributed by atoms with Gasteiger partial charge < -0.3 is 15.2 Å². The molecular weight excluding hydrogens is 250 g/mol. The molecule has 104 valence electrons. The van der Waals surface area contributed by atoms with Gasteiger partial charge in [-0.2, -0.15) is 0 Å². The quantitative estimate of drug-likeness (QED) is 0.629. The Morgan fingerprint density at radius 3 is 3.00 bits per heavy atom.